The Bertz CT molecular complexity index is 1140. The highest BCUT2D eigenvalue weighted by Gasteiger charge is 2.12. The molecule has 0 N–H and O–H groups in total. The second-order valence-corrected chi connectivity index (χ2v) is 5.65. The van der Waals surface area contributed by atoms with Gasteiger partial charge in [0.25, 0.3) is 0 Å². The molecule has 4 rings (SSSR count). The van der Waals surface area contributed by atoms with Gasteiger partial charge in [0.2, 0.25) is 5.95 Å². The number of fused-ring (bicyclic) bond motifs is 1. The van der Waals surface area contributed by atoms with Crippen molar-refractivity contribution in [3.05, 3.63) is 71.0 Å². The Kier molecular flexibility index (Phi) is 3.24. The first-order valence-electron chi connectivity index (χ1n) is 7.71. The molecule has 0 saturated heterocycles. The van der Waals surface area contributed by atoms with Crippen molar-refractivity contribution in [1.29, 1.82) is 0 Å². The quantitative estimate of drug-likeness (QED) is 0.571. The zero-order valence-electron chi connectivity index (χ0n) is 13.4. The summed E-state index contributed by atoms with van der Waals surface area (Å²) < 4.78 is 1.94. The molecule has 0 radical (unpaired) electrons. The molecule has 2 aromatic carbocycles. The molecule has 0 amide bonds. The summed E-state index contributed by atoms with van der Waals surface area (Å²) in [4.78, 5) is 13.7. The number of nitrogens with zero attached hydrogens (tertiary/aromatic N) is 4. The van der Waals surface area contributed by atoms with E-state index in [1.54, 1.807) is 0 Å². The first-order valence-corrected chi connectivity index (χ1v) is 7.71. The third kappa shape index (κ3) is 2.20. The lowest BCUT2D eigenvalue weighted by atomic mass is 10.2. The van der Waals surface area contributed by atoms with Crippen molar-refractivity contribution < 1.29 is 0 Å². The van der Waals surface area contributed by atoms with E-state index >= 15 is 0 Å². The van der Waals surface area contributed by atoms with Crippen molar-refractivity contribution in [3.8, 4) is 17.3 Å². The molecule has 0 aliphatic rings. The Morgan fingerprint density at radius 2 is 1.54 bits per heavy atom. The number of aromatic nitrogens is 4. The summed E-state index contributed by atoms with van der Waals surface area (Å²) in [6, 6.07) is 17.9. The monoisotopic (exact) mass is 312 g/mol. The number of hydrogen-bond acceptors (Lipinski definition) is 3. The SMILES string of the molecule is C=c1c(=C)n(-c2nc(C)nc(-c3ccccc3)n2)c2ccccc12. The molecule has 24 heavy (non-hydrogen) atoms. The van der Waals surface area contributed by atoms with E-state index in [0.29, 0.717) is 17.6 Å². The lowest BCUT2D eigenvalue weighted by molar-refractivity contribution is 0.878. The summed E-state index contributed by atoms with van der Waals surface area (Å²) in [5.74, 6) is 1.89. The highest BCUT2D eigenvalue weighted by atomic mass is 15.2. The Labute approximate surface area is 139 Å². The molecule has 4 aromatic rings. The number of hydrogen-bond donors (Lipinski definition) is 0. The van der Waals surface area contributed by atoms with Crippen molar-refractivity contribution in [2.24, 2.45) is 0 Å². The first-order chi connectivity index (χ1) is 11.6. The van der Waals surface area contributed by atoms with Crippen LogP contribution in [0.5, 0.6) is 0 Å². The lowest BCUT2D eigenvalue weighted by Crippen LogP contribution is -2.26. The minimum absolute atomic E-state index is 0.567. The van der Waals surface area contributed by atoms with E-state index in [1.807, 2.05) is 66.1 Å². The maximum absolute atomic E-state index is 4.67. The van der Waals surface area contributed by atoms with Gasteiger partial charge >= 0.3 is 0 Å². The van der Waals surface area contributed by atoms with E-state index in [1.165, 1.54) is 0 Å². The van der Waals surface area contributed by atoms with E-state index < -0.39 is 0 Å². The van der Waals surface area contributed by atoms with Gasteiger partial charge in [0.1, 0.15) is 5.82 Å². The number of para-hydroxylation sites is 1. The van der Waals surface area contributed by atoms with Crippen molar-refractivity contribution in [1.82, 2.24) is 19.5 Å². The molecule has 0 atom stereocenters. The van der Waals surface area contributed by atoms with Gasteiger partial charge in [0.15, 0.2) is 5.82 Å². The maximum atomic E-state index is 4.67. The van der Waals surface area contributed by atoms with Crippen molar-refractivity contribution in [2.75, 3.05) is 0 Å². The Morgan fingerprint density at radius 3 is 2.33 bits per heavy atom. The Balaban J connectivity index is 2.02. The van der Waals surface area contributed by atoms with E-state index in [9.17, 15) is 0 Å². The van der Waals surface area contributed by atoms with Gasteiger partial charge in [0, 0.05) is 21.5 Å². The molecule has 2 aromatic heterocycles. The van der Waals surface area contributed by atoms with E-state index in [-0.39, 0.29) is 0 Å². The number of benzene rings is 2. The summed E-state index contributed by atoms with van der Waals surface area (Å²) in [6.45, 7) is 10.2. The summed E-state index contributed by atoms with van der Waals surface area (Å²) in [5.41, 5.74) is 1.96. The normalized spacial score (nSPS) is 11.0. The predicted molar refractivity (Wildman–Crippen MR) is 97.1 cm³/mol. The third-order valence-electron chi connectivity index (χ3n) is 4.06. The average Bonchev–Trinajstić information content (AvgIpc) is 2.87. The average molecular weight is 312 g/mol. The molecule has 4 nitrogen and oxygen atoms in total. The van der Waals surface area contributed by atoms with Crippen LogP contribution in [0.2, 0.25) is 0 Å². The molecule has 0 saturated carbocycles. The van der Waals surface area contributed by atoms with Crippen LogP contribution in [0.1, 0.15) is 5.82 Å². The first kappa shape index (κ1) is 14.3. The van der Waals surface area contributed by atoms with Crippen molar-refractivity contribution in [3.63, 3.8) is 0 Å². The Hall–Kier alpha value is -3.27. The van der Waals surface area contributed by atoms with Gasteiger partial charge in [-0.05, 0) is 13.0 Å². The molecule has 0 spiro atoms. The largest absolute Gasteiger partial charge is 0.278 e. The second-order valence-electron chi connectivity index (χ2n) is 5.65. The van der Waals surface area contributed by atoms with Gasteiger partial charge in [-0.3, -0.25) is 4.57 Å². The molecule has 0 fully saturated rings. The standard InChI is InChI=1S/C20H16N4/c1-13-14(2)24(18-12-8-7-11-17(13)18)20-22-15(3)21-19(23-20)16-9-5-4-6-10-16/h4-12H,1-2H2,3H3. The van der Waals surface area contributed by atoms with Crippen LogP contribution in [0.3, 0.4) is 0 Å². The fourth-order valence-electron chi connectivity index (χ4n) is 2.87. The molecular formula is C20H16N4. The van der Waals surface area contributed by atoms with Crippen LogP contribution in [0.25, 0.3) is 41.4 Å². The number of rotatable bonds is 2. The maximum Gasteiger partial charge on any atom is 0.238 e. The predicted octanol–water partition coefficient (Wildman–Crippen LogP) is 2.61. The van der Waals surface area contributed by atoms with Crippen molar-refractivity contribution in [2.45, 2.75) is 6.92 Å². The van der Waals surface area contributed by atoms with E-state index in [2.05, 4.69) is 28.1 Å². The van der Waals surface area contributed by atoms with Crippen LogP contribution < -0.4 is 10.6 Å². The van der Waals surface area contributed by atoms with Crippen LogP contribution in [-0.4, -0.2) is 19.5 Å². The van der Waals surface area contributed by atoms with Gasteiger partial charge in [-0.25, -0.2) is 4.98 Å². The van der Waals surface area contributed by atoms with Gasteiger partial charge in [-0.2, -0.15) is 9.97 Å². The molecule has 0 aliphatic heterocycles. The number of aryl methyl sites for hydroxylation is 1. The molecule has 4 heteroatoms. The summed E-state index contributed by atoms with van der Waals surface area (Å²) in [7, 11) is 0. The van der Waals surface area contributed by atoms with Gasteiger partial charge in [-0.1, -0.05) is 61.7 Å². The topological polar surface area (TPSA) is 43.6 Å². The van der Waals surface area contributed by atoms with E-state index in [0.717, 1.165) is 27.0 Å². The summed E-state index contributed by atoms with van der Waals surface area (Å²) in [5, 5.41) is 2.74. The highest BCUT2D eigenvalue weighted by molar-refractivity contribution is 5.82. The second kappa shape index (κ2) is 5.42. The lowest BCUT2D eigenvalue weighted by Gasteiger charge is -2.08. The zero-order chi connectivity index (χ0) is 16.7. The molecule has 0 unspecified atom stereocenters. The van der Waals surface area contributed by atoms with E-state index in [4.69, 9.17) is 0 Å². The minimum atomic E-state index is 0.567. The van der Waals surface area contributed by atoms with Crippen LogP contribution in [0.15, 0.2) is 54.6 Å². The van der Waals surface area contributed by atoms with Crippen LogP contribution in [0.4, 0.5) is 0 Å². The fraction of sp³-hybridized carbons (Fsp3) is 0.0500. The van der Waals surface area contributed by atoms with Gasteiger partial charge in [0.05, 0.1) is 5.52 Å². The molecule has 116 valence electrons. The molecule has 0 bridgehead atoms. The van der Waals surface area contributed by atoms with Crippen LogP contribution in [0, 0.1) is 6.92 Å². The van der Waals surface area contributed by atoms with Crippen LogP contribution in [-0.2, 0) is 0 Å². The van der Waals surface area contributed by atoms with Gasteiger partial charge < -0.3 is 0 Å². The zero-order valence-corrected chi connectivity index (χ0v) is 13.4. The molecular weight excluding hydrogens is 296 g/mol. The smallest absolute Gasteiger partial charge is 0.238 e. The summed E-state index contributed by atoms with van der Waals surface area (Å²) in [6.07, 6.45) is 0. The molecule has 0 aliphatic carbocycles. The summed E-state index contributed by atoms with van der Waals surface area (Å²) >= 11 is 0. The molecule has 2 heterocycles. The Morgan fingerprint density at radius 1 is 0.833 bits per heavy atom. The van der Waals surface area contributed by atoms with Gasteiger partial charge in [-0.15, -0.1) is 0 Å². The minimum Gasteiger partial charge on any atom is -0.278 e. The van der Waals surface area contributed by atoms with Crippen LogP contribution >= 0.6 is 0 Å². The highest BCUT2D eigenvalue weighted by Crippen LogP contribution is 2.17. The fourth-order valence-corrected chi connectivity index (χ4v) is 2.87. The van der Waals surface area contributed by atoms with Crippen molar-refractivity contribution >= 4 is 24.1 Å². The third-order valence-corrected chi connectivity index (χ3v) is 4.06.